The molecule has 0 spiro atoms. The summed E-state index contributed by atoms with van der Waals surface area (Å²) in [5, 5.41) is 7.17. The second kappa shape index (κ2) is 12.0. The lowest BCUT2D eigenvalue weighted by molar-refractivity contribution is 0.669. The van der Waals surface area contributed by atoms with Gasteiger partial charge in [-0.1, -0.05) is 158 Å². The number of rotatable bonds is 5. The van der Waals surface area contributed by atoms with Gasteiger partial charge < -0.3 is 4.42 Å². The summed E-state index contributed by atoms with van der Waals surface area (Å²) in [5.74, 6) is 0. The maximum atomic E-state index is 6.50. The summed E-state index contributed by atoms with van der Waals surface area (Å²) in [4.78, 5) is 0. The number of hydrogen-bond donors (Lipinski definition) is 0. The zero-order valence-corrected chi connectivity index (χ0v) is 27.9. The first-order valence-corrected chi connectivity index (χ1v) is 17.5. The third-order valence-corrected chi connectivity index (χ3v) is 10.3. The second-order valence-corrected chi connectivity index (χ2v) is 13.3. The van der Waals surface area contributed by atoms with Gasteiger partial charge in [-0.25, -0.2) is 0 Å². The molecule has 0 saturated heterocycles. The van der Waals surface area contributed by atoms with Crippen LogP contribution in [0.3, 0.4) is 0 Å². The van der Waals surface area contributed by atoms with E-state index in [1.165, 1.54) is 71.6 Å². The van der Waals surface area contributed by atoms with Crippen LogP contribution in [0.5, 0.6) is 0 Å². The summed E-state index contributed by atoms with van der Waals surface area (Å²) >= 11 is 0. The third kappa shape index (κ3) is 5.02. The summed E-state index contributed by atoms with van der Waals surface area (Å²) < 4.78 is 6.50. The average Bonchev–Trinajstić information content (AvgIpc) is 3.58. The van der Waals surface area contributed by atoms with Crippen molar-refractivity contribution in [1.82, 2.24) is 0 Å². The van der Waals surface area contributed by atoms with Crippen molar-refractivity contribution in [2.24, 2.45) is 0 Å². The monoisotopic (exact) mass is 648 g/mol. The van der Waals surface area contributed by atoms with Crippen LogP contribution in [-0.4, -0.2) is 0 Å². The Kier molecular flexibility index (Phi) is 6.89. The van der Waals surface area contributed by atoms with Gasteiger partial charge >= 0.3 is 0 Å². The molecule has 51 heavy (non-hydrogen) atoms. The molecule has 0 radical (unpaired) electrons. The standard InChI is InChI=1S/C50H32O/c1-5-13-33(14-6-1)37-23-27-43-45(29-37)49(36-19-11-4-12-20-36)42-26-22-38(34-15-7-2-8-16-34)30-46(42)50(43)40-24-28-47-44(31-40)41-25-21-39(32-48(41)51-47)35-17-9-3-10-18-35/h1-32H. The van der Waals surface area contributed by atoms with Crippen molar-refractivity contribution >= 4 is 43.5 Å². The predicted molar refractivity (Wildman–Crippen MR) is 216 cm³/mol. The van der Waals surface area contributed by atoms with Gasteiger partial charge in [0.05, 0.1) is 0 Å². The Labute approximate surface area is 296 Å². The number of furan rings is 1. The summed E-state index contributed by atoms with van der Waals surface area (Å²) in [6, 6.07) is 70.0. The molecule has 0 aliphatic rings. The Morgan fingerprint density at radius 2 is 0.608 bits per heavy atom. The van der Waals surface area contributed by atoms with Gasteiger partial charge in [-0.15, -0.1) is 0 Å². The molecule has 0 N–H and O–H groups in total. The molecule has 0 aliphatic carbocycles. The van der Waals surface area contributed by atoms with Gasteiger partial charge in [0.15, 0.2) is 0 Å². The average molecular weight is 649 g/mol. The Bertz CT molecular complexity index is 2870. The second-order valence-electron chi connectivity index (χ2n) is 13.3. The van der Waals surface area contributed by atoms with Gasteiger partial charge in [-0.3, -0.25) is 0 Å². The minimum Gasteiger partial charge on any atom is -0.456 e. The van der Waals surface area contributed by atoms with Crippen LogP contribution in [-0.2, 0) is 0 Å². The summed E-state index contributed by atoms with van der Waals surface area (Å²) in [7, 11) is 0. The zero-order valence-electron chi connectivity index (χ0n) is 27.9. The highest BCUT2D eigenvalue weighted by atomic mass is 16.3. The minimum absolute atomic E-state index is 0.893. The smallest absolute Gasteiger partial charge is 0.136 e. The van der Waals surface area contributed by atoms with Crippen molar-refractivity contribution in [1.29, 1.82) is 0 Å². The van der Waals surface area contributed by atoms with Crippen LogP contribution >= 0.6 is 0 Å². The van der Waals surface area contributed by atoms with Gasteiger partial charge in [-0.05, 0) is 114 Å². The fraction of sp³-hybridized carbons (Fsp3) is 0. The number of fused-ring (bicyclic) bond motifs is 5. The first kappa shape index (κ1) is 29.2. The van der Waals surface area contributed by atoms with Crippen LogP contribution in [0.25, 0.3) is 99.1 Å². The third-order valence-electron chi connectivity index (χ3n) is 10.3. The van der Waals surface area contributed by atoms with Crippen molar-refractivity contribution in [3.05, 3.63) is 194 Å². The molecule has 0 aliphatic heterocycles. The van der Waals surface area contributed by atoms with Gasteiger partial charge in [0.2, 0.25) is 0 Å². The molecule has 0 fully saturated rings. The lowest BCUT2D eigenvalue weighted by Crippen LogP contribution is -1.92. The van der Waals surface area contributed by atoms with Crippen molar-refractivity contribution in [3.63, 3.8) is 0 Å². The van der Waals surface area contributed by atoms with E-state index >= 15 is 0 Å². The van der Waals surface area contributed by atoms with E-state index in [0.717, 1.165) is 27.5 Å². The Balaban J connectivity index is 1.28. The van der Waals surface area contributed by atoms with Gasteiger partial charge in [0.25, 0.3) is 0 Å². The Hall–Kier alpha value is -6.70. The van der Waals surface area contributed by atoms with E-state index in [2.05, 4.69) is 194 Å². The first-order valence-electron chi connectivity index (χ1n) is 17.5. The maximum Gasteiger partial charge on any atom is 0.136 e. The topological polar surface area (TPSA) is 13.1 Å². The van der Waals surface area contributed by atoms with Gasteiger partial charge in [0.1, 0.15) is 11.2 Å². The van der Waals surface area contributed by atoms with Crippen LogP contribution in [0.15, 0.2) is 199 Å². The highest BCUT2D eigenvalue weighted by molar-refractivity contribution is 6.23. The molecule has 10 aromatic rings. The number of benzene rings is 9. The molecule has 1 heteroatoms. The fourth-order valence-electron chi connectivity index (χ4n) is 7.82. The van der Waals surface area contributed by atoms with E-state index in [4.69, 9.17) is 4.42 Å². The Morgan fingerprint density at radius 3 is 1.12 bits per heavy atom. The van der Waals surface area contributed by atoms with Gasteiger partial charge in [-0.2, -0.15) is 0 Å². The SMILES string of the molecule is c1ccc(-c2ccc3c(c2)oc2ccc(-c4c5ccc(-c6ccccc6)cc5c(-c5ccccc5)c5ccc(-c6ccccc6)cc45)cc23)cc1. The van der Waals surface area contributed by atoms with E-state index in [-0.39, 0.29) is 0 Å². The van der Waals surface area contributed by atoms with Crippen molar-refractivity contribution in [3.8, 4) is 55.6 Å². The molecule has 9 aromatic carbocycles. The summed E-state index contributed by atoms with van der Waals surface area (Å²) in [5.41, 5.74) is 13.8. The minimum atomic E-state index is 0.893. The molecular formula is C50H32O. The molecule has 0 saturated carbocycles. The normalized spacial score (nSPS) is 11.5. The fourth-order valence-corrected chi connectivity index (χ4v) is 7.82. The van der Waals surface area contributed by atoms with Crippen LogP contribution in [0.4, 0.5) is 0 Å². The number of hydrogen-bond acceptors (Lipinski definition) is 1. The largest absolute Gasteiger partial charge is 0.456 e. The summed E-state index contributed by atoms with van der Waals surface area (Å²) in [6.45, 7) is 0. The zero-order chi connectivity index (χ0) is 33.7. The van der Waals surface area contributed by atoms with Crippen LogP contribution in [0, 0.1) is 0 Å². The lowest BCUT2D eigenvalue weighted by Gasteiger charge is -2.20. The molecule has 0 unspecified atom stereocenters. The molecule has 0 amide bonds. The first-order chi connectivity index (χ1) is 25.3. The molecule has 1 aromatic heterocycles. The highest BCUT2D eigenvalue weighted by Crippen LogP contribution is 2.47. The van der Waals surface area contributed by atoms with Crippen LogP contribution in [0.2, 0.25) is 0 Å². The predicted octanol–water partition coefficient (Wildman–Crippen LogP) is 14.2. The van der Waals surface area contributed by atoms with Crippen molar-refractivity contribution < 1.29 is 4.42 Å². The van der Waals surface area contributed by atoms with Crippen molar-refractivity contribution in [2.75, 3.05) is 0 Å². The van der Waals surface area contributed by atoms with E-state index in [9.17, 15) is 0 Å². The molecule has 238 valence electrons. The quantitative estimate of drug-likeness (QED) is 0.169. The van der Waals surface area contributed by atoms with Gasteiger partial charge in [0, 0.05) is 10.8 Å². The molecule has 10 rings (SSSR count). The molecule has 1 nitrogen and oxygen atoms in total. The molecule has 0 bridgehead atoms. The maximum absolute atomic E-state index is 6.50. The molecule has 1 heterocycles. The summed E-state index contributed by atoms with van der Waals surface area (Å²) in [6.07, 6.45) is 0. The molecular weight excluding hydrogens is 617 g/mol. The van der Waals surface area contributed by atoms with E-state index in [1.807, 2.05) is 0 Å². The van der Waals surface area contributed by atoms with E-state index < -0.39 is 0 Å². The van der Waals surface area contributed by atoms with Crippen LogP contribution < -0.4 is 0 Å². The van der Waals surface area contributed by atoms with Crippen molar-refractivity contribution in [2.45, 2.75) is 0 Å². The highest BCUT2D eigenvalue weighted by Gasteiger charge is 2.20. The lowest BCUT2D eigenvalue weighted by atomic mass is 9.83. The van der Waals surface area contributed by atoms with E-state index in [0.29, 0.717) is 0 Å². The van der Waals surface area contributed by atoms with E-state index in [1.54, 1.807) is 0 Å². The Morgan fingerprint density at radius 1 is 0.216 bits per heavy atom. The van der Waals surface area contributed by atoms with Crippen LogP contribution in [0.1, 0.15) is 0 Å². The molecule has 0 atom stereocenters.